The van der Waals surface area contributed by atoms with Crippen LogP contribution < -0.4 is 10.6 Å². The van der Waals surface area contributed by atoms with Crippen molar-refractivity contribution in [3.63, 3.8) is 0 Å². The Morgan fingerprint density at radius 1 is 1.24 bits per heavy atom. The Hall–Kier alpha value is -1.47. The molecule has 1 aromatic heterocycles. The van der Waals surface area contributed by atoms with Crippen molar-refractivity contribution in [3.8, 4) is 0 Å². The summed E-state index contributed by atoms with van der Waals surface area (Å²) >= 11 is 5.46. The van der Waals surface area contributed by atoms with Crippen LogP contribution in [-0.2, 0) is 6.54 Å². The summed E-state index contributed by atoms with van der Waals surface area (Å²) in [4.78, 5) is 9.87. The largest absolute Gasteiger partial charge is 0.444 e. The van der Waals surface area contributed by atoms with Gasteiger partial charge in [0.05, 0.1) is 12.2 Å². The minimum atomic E-state index is 0.534. The van der Waals surface area contributed by atoms with Crippen molar-refractivity contribution in [2.75, 3.05) is 19.3 Å². The molecule has 2 rings (SSSR count). The molecule has 0 saturated heterocycles. The molecule has 0 aliphatic rings. The van der Waals surface area contributed by atoms with Crippen LogP contribution in [0.1, 0.15) is 30.2 Å². The number of aromatic nitrogens is 1. The number of unbranched alkanes of at least 4 members (excludes halogenated alkanes) is 1. The molecule has 0 radical (unpaired) electrons. The number of thioether (sulfide) groups is 1. The molecular weight excluding hydrogens is 400 g/mol. The number of rotatable bonds is 8. The average molecular weight is 425 g/mol. The molecule has 0 atom stereocenters. The summed E-state index contributed by atoms with van der Waals surface area (Å²) in [6.45, 7) is 5.29. The zero-order chi connectivity index (χ0) is 18.1. The Balaban J connectivity index is 1.60. The second-order valence-corrected chi connectivity index (χ2v) is 7.58. The van der Waals surface area contributed by atoms with E-state index in [1.165, 1.54) is 9.37 Å². The van der Waals surface area contributed by atoms with E-state index in [2.05, 4.69) is 54.7 Å². The lowest BCUT2D eigenvalue weighted by atomic mass is 10.3. The van der Waals surface area contributed by atoms with Gasteiger partial charge in [-0.25, -0.2) is 4.98 Å². The molecule has 0 aliphatic heterocycles. The van der Waals surface area contributed by atoms with Crippen molar-refractivity contribution >= 4 is 33.7 Å². The maximum atomic E-state index is 5.56. The molecule has 1 aromatic carbocycles. The van der Waals surface area contributed by atoms with E-state index in [1.807, 2.05) is 31.7 Å². The first-order valence-corrected chi connectivity index (χ1v) is 10.1. The molecule has 0 saturated carbocycles. The van der Waals surface area contributed by atoms with Gasteiger partial charge in [-0.2, -0.15) is 0 Å². The molecule has 5 nitrogen and oxygen atoms in total. The number of benzene rings is 1. The topological polar surface area (TPSA) is 62.5 Å². The van der Waals surface area contributed by atoms with Crippen molar-refractivity contribution in [1.29, 1.82) is 0 Å². The van der Waals surface area contributed by atoms with E-state index in [4.69, 9.17) is 4.42 Å². The Labute approximate surface area is 162 Å². The predicted octanol–water partition coefficient (Wildman–Crippen LogP) is 4.29. The third-order valence-corrected chi connectivity index (χ3v) is 5.78. The summed E-state index contributed by atoms with van der Waals surface area (Å²) in [5.41, 5.74) is 0.933. The van der Waals surface area contributed by atoms with Crippen LogP contribution >= 0.6 is 27.7 Å². The van der Waals surface area contributed by atoms with Crippen molar-refractivity contribution in [1.82, 2.24) is 15.6 Å². The molecule has 136 valence electrons. The van der Waals surface area contributed by atoms with Crippen LogP contribution in [0.15, 0.2) is 43.0 Å². The normalized spacial score (nSPS) is 11.6. The molecule has 0 spiro atoms. The van der Waals surface area contributed by atoms with Gasteiger partial charge in [0.15, 0.2) is 5.96 Å². The van der Waals surface area contributed by atoms with Gasteiger partial charge in [0.2, 0.25) is 5.89 Å². The molecule has 7 heteroatoms. The second-order valence-electron chi connectivity index (χ2n) is 5.59. The van der Waals surface area contributed by atoms with Gasteiger partial charge >= 0.3 is 0 Å². The van der Waals surface area contributed by atoms with Gasteiger partial charge in [-0.1, -0.05) is 12.1 Å². The summed E-state index contributed by atoms with van der Waals surface area (Å²) in [7, 11) is 1.77. The van der Waals surface area contributed by atoms with Crippen LogP contribution in [0, 0.1) is 13.8 Å². The van der Waals surface area contributed by atoms with Gasteiger partial charge < -0.3 is 15.1 Å². The first kappa shape index (κ1) is 19.8. The van der Waals surface area contributed by atoms with E-state index in [1.54, 1.807) is 7.05 Å². The number of hydrogen-bond donors (Lipinski definition) is 2. The highest BCUT2D eigenvalue weighted by molar-refractivity contribution is 9.10. The Bertz CT molecular complexity index is 683. The zero-order valence-electron chi connectivity index (χ0n) is 14.9. The maximum Gasteiger partial charge on any atom is 0.214 e. The number of nitrogens with one attached hydrogen (secondary N) is 2. The van der Waals surface area contributed by atoms with E-state index in [9.17, 15) is 0 Å². The van der Waals surface area contributed by atoms with Crippen LogP contribution in [0.25, 0.3) is 0 Å². The molecule has 0 unspecified atom stereocenters. The van der Waals surface area contributed by atoms with Crippen molar-refractivity contribution in [2.45, 2.75) is 38.1 Å². The first-order chi connectivity index (χ1) is 12.1. The Morgan fingerprint density at radius 2 is 2.04 bits per heavy atom. The van der Waals surface area contributed by atoms with E-state index < -0.39 is 0 Å². The molecule has 0 amide bonds. The van der Waals surface area contributed by atoms with Gasteiger partial charge in [-0.3, -0.25) is 4.99 Å². The van der Waals surface area contributed by atoms with Crippen LogP contribution in [0.5, 0.6) is 0 Å². The van der Waals surface area contributed by atoms with Gasteiger partial charge in [0.1, 0.15) is 5.76 Å². The first-order valence-electron chi connectivity index (χ1n) is 8.35. The van der Waals surface area contributed by atoms with Crippen LogP contribution in [0.2, 0.25) is 0 Å². The maximum absolute atomic E-state index is 5.56. The summed E-state index contributed by atoms with van der Waals surface area (Å²) in [5.74, 6) is 3.42. The number of hydrogen-bond acceptors (Lipinski definition) is 4. The van der Waals surface area contributed by atoms with Crippen LogP contribution in [-0.4, -0.2) is 30.3 Å². The zero-order valence-corrected chi connectivity index (χ0v) is 17.3. The summed E-state index contributed by atoms with van der Waals surface area (Å²) in [6.07, 6.45) is 2.24. The number of halogens is 1. The van der Waals surface area contributed by atoms with Crippen molar-refractivity contribution in [3.05, 3.63) is 46.1 Å². The SMILES string of the molecule is CN=C(NCCCCSc1ccccc1Br)NCc1nc(C)c(C)o1. The summed E-state index contributed by atoms with van der Waals surface area (Å²) in [5, 5.41) is 6.54. The van der Waals surface area contributed by atoms with Gasteiger partial charge in [-0.05, 0) is 60.5 Å². The molecular formula is C18H25BrN4OS. The highest BCUT2D eigenvalue weighted by Crippen LogP contribution is 2.27. The summed E-state index contributed by atoms with van der Waals surface area (Å²) < 4.78 is 6.72. The highest BCUT2D eigenvalue weighted by atomic mass is 79.9. The van der Waals surface area contributed by atoms with Gasteiger partial charge in [-0.15, -0.1) is 11.8 Å². The molecule has 0 bridgehead atoms. The third kappa shape index (κ3) is 6.74. The lowest BCUT2D eigenvalue weighted by molar-refractivity contribution is 0.463. The lowest BCUT2D eigenvalue weighted by Gasteiger charge is -2.10. The standard InChI is InChI=1S/C18H25BrN4OS/c1-13-14(2)24-17(23-13)12-22-18(20-3)21-10-6-7-11-25-16-9-5-4-8-15(16)19/h4-5,8-9H,6-7,10-12H2,1-3H3,(H2,20,21,22). The predicted molar refractivity (Wildman–Crippen MR) is 108 cm³/mol. The fourth-order valence-electron chi connectivity index (χ4n) is 2.17. The number of guanidine groups is 1. The number of aliphatic imine (C=N–C) groups is 1. The average Bonchev–Trinajstić information content (AvgIpc) is 2.93. The fourth-order valence-corrected chi connectivity index (χ4v) is 3.75. The lowest BCUT2D eigenvalue weighted by Crippen LogP contribution is -2.37. The minimum absolute atomic E-state index is 0.534. The molecule has 2 aromatic rings. The van der Waals surface area contributed by atoms with E-state index in [0.29, 0.717) is 12.4 Å². The molecule has 0 aliphatic carbocycles. The minimum Gasteiger partial charge on any atom is -0.444 e. The van der Waals surface area contributed by atoms with Crippen LogP contribution in [0.3, 0.4) is 0 Å². The number of nitrogens with zero attached hydrogens (tertiary/aromatic N) is 2. The molecule has 1 heterocycles. The van der Waals surface area contributed by atoms with E-state index in [-0.39, 0.29) is 0 Å². The molecule has 0 fully saturated rings. The Morgan fingerprint density at radius 3 is 2.72 bits per heavy atom. The van der Waals surface area contributed by atoms with Gasteiger partial charge in [0, 0.05) is 23.0 Å². The van der Waals surface area contributed by atoms with E-state index >= 15 is 0 Å². The third-order valence-electron chi connectivity index (χ3n) is 3.66. The van der Waals surface area contributed by atoms with Crippen molar-refractivity contribution in [2.24, 2.45) is 4.99 Å². The number of oxazole rings is 1. The van der Waals surface area contributed by atoms with Crippen LogP contribution in [0.4, 0.5) is 0 Å². The second kappa shape index (κ2) is 10.5. The quantitative estimate of drug-likeness (QED) is 0.286. The van der Waals surface area contributed by atoms with Crippen molar-refractivity contribution < 1.29 is 4.42 Å². The fraction of sp³-hybridized carbons (Fsp3) is 0.444. The van der Waals surface area contributed by atoms with E-state index in [0.717, 1.165) is 42.6 Å². The van der Waals surface area contributed by atoms with Gasteiger partial charge in [0.25, 0.3) is 0 Å². The molecule has 2 N–H and O–H groups in total. The number of aryl methyl sites for hydroxylation is 2. The molecule has 25 heavy (non-hydrogen) atoms. The summed E-state index contributed by atoms with van der Waals surface area (Å²) in [6, 6.07) is 8.33. The highest BCUT2D eigenvalue weighted by Gasteiger charge is 2.06. The Kier molecular flexibility index (Phi) is 8.34. The monoisotopic (exact) mass is 424 g/mol. The smallest absolute Gasteiger partial charge is 0.214 e.